The Hall–Kier alpha value is -0.580. The number of aryl methyl sites for hydroxylation is 1. The van der Waals surface area contributed by atoms with Crippen LogP contribution in [0.2, 0.25) is 0 Å². The molecule has 0 amide bonds. The molecule has 1 aliphatic heterocycles. The van der Waals surface area contributed by atoms with Crippen LogP contribution in [0.15, 0.2) is 23.1 Å². The molecule has 2 nitrogen and oxygen atoms in total. The molecule has 94 valence electrons. The summed E-state index contributed by atoms with van der Waals surface area (Å²) in [4.78, 5) is 3.64. The third kappa shape index (κ3) is 3.44. The van der Waals surface area contributed by atoms with Crippen molar-refractivity contribution in [3.63, 3.8) is 0 Å². The molecular weight excluding hydrogens is 235 g/mol. The van der Waals surface area contributed by atoms with Gasteiger partial charge in [0.25, 0.3) is 0 Å². The van der Waals surface area contributed by atoms with Crippen LogP contribution in [-0.4, -0.2) is 36.5 Å². The number of halogens is 1. The molecule has 17 heavy (non-hydrogen) atoms. The Bertz CT molecular complexity index is 378. The summed E-state index contributed by atoms with van der Waals surface area (Å²) in [5.41, 5.74) is 1.02. The quantitative estimate of drug-likeness (QED) is 0.834. The zero-order valence-corrected chi connectivity index (χ0v) is 11.2. The molecule has 1 aliphatic rings. The highest BCUT2D eigenvalue weighted by atomic mass is 32.2. The minimum atomic E-state index is -0.151. The average molecular weight is 254 g/mol. The Labute approximate surface area is 107 Å². The number of hydrogen-bond acceptors (Lipinski definition) is 3. The predicted octanol–water partition coefficient (Wildman–Crippen LogP) is 2.48. The summed E-state index contributed by atoms with van der Waals surface area (Å²) in [7, 11) is 0. The molecule has 0 aliphatic carbocycles. The fourth-order valence-electron chi connectivity index (χ4n) is 2.05. The molecule has 0 radical (unpaired) electrons. The molecule has 1 aromatic rings. The molecule has 1 N–H and O–H groups in total. The van der Waals surface area contributed by atoms with Crippen LogP contribution in [0.5, 0.6) is 0 Å². The van der Waals surface area contributed by atoms with Crippen molar-refractivity contribution in [3.8, 4) is 0 Å². The number of nitrogens with zero attached hydrogens (tertiary/aromatic N) is 1. The lowest BCUT2D eigenvalue weighted by atomic mass is 10.2. The van der Waals surface area contributed by atoms with Crippen molar-refractivity contribution < 1.29 is 4.39 Å². The van der Waals surface area contributed by atoms with Gasteiger partial charge in [-0.05, 0) is 37.6 Å². The second kappa shape index (κ2) is 5.85. The number of nitrogens with one attached hydrogen (secondary N) is 1. The van der Waals surface area contributed by atoms with Crippen LogP contribution in [0.3, 0.4) is 0 Å². The first kappa shape index (κ1) is 12.9. The maximum atomic E-state index is 13.0. The van der Waals surface area contributed by atoms with E-state index in [0.29, 0.717) is 5.37 Å². The maximum absolute atomic E-state index is 13.0. The van der Waals surface area contributed by atoms with Crippen LogP contribution < -0.4 is 5.32 Å². The highest BCUT2D eigenvalue weighted by Crippen LogP contribution is 2.28. The van der Waals surface area contributed by atoms with Crippen molar-refractivity contribution in [2.45, 2.75) is 24.1 Å². The molecular formula is C13H19FN2S. The summed E-state index contributed by atoms with van der Waals surface area (Å²) in [6.07, 6.45) is 0. The number of rotatable bonds is 3. The molecule has 1 aromatic carbocycles. The van der Waals surface area contributed by atoms with Crippen molar-refractivity contribution in [2.75, 3.05) is 26.2 Å². The first-order chi connectivity index (χ1) is 8.16. The molecule has 0 saturated carbocycles. The topological polar surface area (TPSA) is 15.3 Å². The minimum absolute atomic E-state index is 0.151. The van der Waals surface area contributed by atoms with Crippen LogP contribution in [0.25, 0.3) is 0 Å². The van der Waals surface area contributed by atoms with Crippen molar-refractivity contribution in [2.24, 2.45) is 0 Å². The van der Waals surface area contributed by atoms with Gasteiger partial charge in [0.15, 0.2) is 0 Å². The van der Waals surface area contributed by atoms with E-state index in [-0.39, 0.29) is 5.82 Å². The molecule has 2 rings (SSSR count). The number of piperazine rings is 1. The first-order valence-electron chi connectivity index (χ1n) is 6.04. The molecule has 1 heterocycles. The third-order valence-corrected chi connectivity index (χ3v) is 4.45. The highest BCUT2D eigenvalue weighted by Gasteiger charge is 2.17. The third-order valence-electron chi connectivity index (χ3n) is 3.10. The van der Waals surface area contributed by atoms with Crippen LogP contribution in [0, 0.1) is 12.7 Å². The minimum Gasteiger partial charge on any atom is -0.314 e. The second-order valence-corrected chi connectivity index (χ2v) is 5.77. The molecule has 0 bridgehead atoms. The van der Waals surface area contributed by atoms with Crippen molar-refractivity contribution in [3.05, 3.63) is 29.6 Å². The lowest BCUT2D eigenvalue weighted by Crippen LogP contribution is -2.46. The van der Waals surface area contributed by atoms with E-state index in [1.54, 1.807) is 12.1 Å². The lowest BCUT2D eigenvalue weighted by Gasteiger charge is -2.32. The molecule has 4 heteroatoms. The van der Waals surface area contributed by atoms with Gasteiger partial charge in [-0.1, -0.05) is 0 Å². The smallest absolute Gasteiger partial charge is 0.123 e. The summed E-state index contributed by atoms with van der Waals surface area (Å²) >= 11 is 1.82. The Morgan fingerprint density at radius 2 is 2.06 bits per heavy atom. The zero-order valence-electron chi connectivity index (χ0n) is 10.4. The van der Waals surface area contributed by atoms with Gasteiger partial charge in [-0.3, -0.25) is 4.90 Å². The van der Waals surface area contributed by atoms with Gasteiger partial charge in [0.1, 0.15) is 5.82 Å². The van der Waals surface area contributed by atoms with E-state index in [1.165, 1.54) is 4.90 Å². The molecule has 1 saturated heterocycles. The van der Waals surface area contributed by atoms with Crippen LogP contribution in [0.4, 0.5) is 4.39 Å². The number of hydrogen-bond donors (Lipinski definition) is 1. The summed E-state index contributed by atoms with van der Waals surface area (Å²) < 4.78 is 13.0. The van der Waals surface area contributed by atoms with Crippen molar-refractivity contribution in [1.29, 1.82) is 0 Å². The molecule has 1 atom stereocenters. The summed E-state index contributed by atoms with van der Waals surface area (Å²) in [6, 6.07) is 5.03. The van der Waals surface area contributed by atoms with Gasteiger partial charge in [-0.15, -0.1) is 11.8 Å². The van der Waals surface area contributed by atoms with Gasteiger partial charge >= 0.3 is 0 Å². The van der Waals surface area contributed by atoms with E-state index in [0.717, 1.165) is 31.7 Å². The van der Waals surface area contributed by atoms with Crippen LogP contribution in [0.1, 0.15) is 12.5 Å². The van der Waals surface area contributed by atoms with Gasteiger partial charge in [-0.2, -0.15) is 0 Å². The Morgan fingerprint density at radius 3 is 2.71 bits per heavy atom. The van der Waals surface area contributed by atoms with E-state index >= 15 is 0 Å². The Kier molecular flexibility index (Phi) is 4.42. The number of benzene rings is 1. The number of thioether (sulfide) groups is 1. The molecule has 0 aromatic heterocycles. The first-order valence-corrected chi connectivity index (χ1v) is 6.92. The highest BCUT2D eigenvalue weighted by molar-refractivity contribution is 7.99. The second-order valence-electron chi connectivity index (χ2n) is 4.41. The average Bonchev–Trinajstić information content (AvgIpc) is 2.34. The standard InChI is InChI=1S/C13H19FN2S/c1-10-9-12(14)3-4-13(10)17-11(2)16-7-5-15-6-8-16/h3-4,9,11,15H,5-8H2,1-2H3. The van der Waals surface area contributed by atoms with E-state index in [2.05, 4.69) is 17.1 Å². The van der Waals surface area contributed by atoms with Crippen molar-refractivity contribution in [1.82, 2.24) is 10.2 Å². The summed E-state index contributed by atoms with van der Waals surface area (Å²) in [5, 5.41) is 3.80. The maximum Gasteiger partial charge on any atom is 0.123 e. The summed E-state index contributed by atoms with van der Waals surface area (Å²) in [5.74, 6) is -0.151. The van der Waals surface area contributed by atoms with Crippen LogP contribution >= 0.6 is 11.8 Å². The van der Waals surface area contributed by atoms with Gasteiger partial charge < -0.3 is 5.32 Å². The van der Waals surface area contributed by atoms with Crippen LogP contribution in [-0.2, 0) is 0 Å². The monoisotopic (exact) mass is 254 g/mol. The van der Waals surface area contributed by atoms with E-state index in [4.69, 9.17) is 0 Å². The lowest BCUT2D eigenvalue weighted by molar-refractivity contribution is 0.234. The fraction of sp³-hybridized carbons (Fsp3) is 0.538. The fourth-order valence-corrected chi connectivity index (χ4v) is 3.17. The van der Waals surface area contributed by atoms with Gasteiger partial charge in [-0.25, -0.2) is 4.39 Å². The van der Waals surface area contributed by atoms with Gasteiger partial charge in [0, 0.05) is 31.1 Å². The largest absolute Gasteiger partial charge is 0.314 e. The normalized spacial score (nSPS) is 19.2. The molecule has 1 unspecified atom stereocenters. The Balaban J connectivity index is 1.99. The SMILES string of the molecule is Cc1cc(F)ccc1SC(C)N1CCNCC1. The molecule has 0 spiro atoms. The van der Waals surface area contributed by atoms with E-state index in [1.807, 2.05) is 24.8 Å². The summed E-state index contributed by atoms with van der Waals surface area (Å²) in [6.45, 7) is 8.50. The van der Waals surface area contributed by atoms with E-state index < -0.39 is 0 Å². The van der Waals surface area contributed by atoms with Gasteiger partial charge in [0.2, 0.25) is 0 Å². The molecule has 1 fully saturated rings. The van der Waals surface area contributed by atoms with Crippen molar-refractivity contribution >= 4 is 11.8 Å². The predicted molar refractivity (Wildman–Crippen MR) is 70.9 cm³/mol. The van der Waals surface area contributed by atoms with E-state index in [9.17, 15) is 4.39 Å². The van der Waals surface area contributed by atoms with Gasteiger partial charge in [0.05, 0.1) is 5.37 Å². The zero-order chi connectivity index (χ0) is 12.3. The Morgan fingerprint density at radius 1 is 1.35 bits per heavy atom.